The van der Waals surface area contributed by atoms with Gasteiger partial charge in [-0.3, -0.25) is 24.1 Å². The van der Waals surface area contributed by atoms with Crippen molar-refractivity contribution in [2.45, 2.75) is 6.10 Å². The molecule has 6 heteroatoms. The van der Waals surface area contributed by atoms with E-state index in [1.54, 1.807) is 72.8 Å². The van der Waals surface area contributed by atoms with Crippen LogP contribution in [0.3, 0.4) is 0 Å². The molecule has 6 nitrogen and oxygen atoms in total. The minimum absolute atomic E-state index is 0.246. The summed E-state index contributed by atoms with van der Waals surface area (Å²) in [6.45, 7) is -0.572. The van der Waals surface area contributed by atoms with Gasteiger partial charge in [0.05, 0.1) is 11.1 Å². The minimum atomic E-state index is -1.18. The predicted octanol–water partition coefficient (Wildman–Crippen LogP) is 3.45. The maximum absolute atomic E-state index is 13.0. The summed E-state index contributed by atoms with van der Waals surface area (Å²) in [6, 6.07) is 23.5. The third-order valence-electron chi connectivity index (χ3n) is 4.81. The number of carbonyl (C=O) groups excluding carboxylic acids is 4. The first kappa shape index (κ1) is 19.3. The molecule has 4 rings (SSSR count). The van der Waals surface area contributed by atoms with E-state index in [0.717, 1.165) is 4.90 Å². The van der Waals surface area contributed by atoms with Crippen molar-refractivity contribution < 1.29 is 23.9 Å². The number of hydrogen-bond acceptors (Lipinski definition) is 5. The smallest absolute Gasteiger partial charge is 0.327 e. The Morgan fingerprint density at radius 3 is 1.80 bits per heavy atom. The maximum Gasteiger partial charge on any atom is 0.327 e. The number of ether oxygens (including phenoxy) is 1. The molecule has 1 unspecified atom stereocenters. The molecule has 0 bridgehead atoms. The summed E-state index contributed by atoms with van der Waals surface area (Å²) < 4.78 is 5.48. The second-order valence-corrected chi connectivity index (χ2v) is 6.75. The number of ketones is 1. The van der Waals surface area contributed by atoms with Crippen LogP contribution in [0.25, 0.3) is 0 Å². The number of fused-ring (bicyclic) bond motifs is 1. The number of rotatable bonds is 6. The highest BCUT2D eigenvalue weighted by Gasteiger charge is 2.37. The number of nitrogens with zero attached hydrogens (tertiary/aromatic N) is 1. The molecule has 0 N–H and O–H groups in total. The van der Waals surface area contributed by atoms with Crippen LogP contribution in [0.4, 0.5) is 0 Å². The second kappa shape index (κ2) is 8.13. The summed E-state index contributed by atoms with van der Waals surface area (Å²) in [4.78, 5) is 51.4. The minimum Gasteiger partial charge on any atom is -0.448 e. The van der Waals surface area contributed by atoms with Gasteiger partial charge in [0.15, 0.2) is 6.10 Å². The molecule has 1 heterocycles. The van der Waals surface area contributed by atoms with E-state index in [1.807, 2.05) is 0 Å². The molecule has 3 aromatic rings. The van der Waals surface area contributed by atoms with Gasteiger partial charge in [-0.05, 0) is 12.1 Å². The predicted molar refractivity (Wildman–Crippen MR) is 108 cm³/mol. The van der Waals surface area contributed by atoms with E-state index in [2.05, 4.69) is 0 Å². The summed E-state index contributed by atoms with van der Waals surface area (Å²) in [7, 11) is 0. The Morgan fingerprint density at radius 2 is 1.23 bits per heavy atom. The first-order chi connectivity index (χ1) is 14.6. The Morgan fingerprint density at radius 1 is 0.733 bits per heavy atom. The van der Waals surface area contributed by atoms with E-state index in [1.165, 1.54) is 12.1 Å². The van der Waals surface area contributed by atoms with Gasteiger partial charge in [-0.1, -0.05) is 72.8 Å². The Kier molecular flexibility index (Phi) is 5.22. The third-order valence-corrected chi connectivity index (χ3v) is 4.81. The van der Waals surface area contributed by atoms with Crippen molar-refractivity contribution in [3.05, 3.63) is 107 Å². The molecule has 2 amide bonds. The van der Waals surface area contributed by atoms with Gasteiger partial charge in [-0.25, -0.2) is 0 Å². The number of amides is 2. The van der Waals surface area contributed by atoms with Gasteiger partial charge in [0.1, 0.15) is 6.54 Å². The van der Waals surface area contributed by atoms with Crippen molar-refractivity contribution in [3.8, 4) is 0 Å². The number of imide groups is 1. The first-order valence-corrected chi connectivity index (χ1v) is 9.35. The molecule has 0 fully saturated rings. The molecule has 30 heavy (non-hydrogen) atoms. The highest BCUT2D eigenvalue weighted by molar-refractivity contribution is 6.22. The standard InChI is InChI=1S/C24H17NO5/c26-20(15-25-23(28)18-13-7-8-14-19(18)24(25)29)30-22(17-11-5-2-6-12-17)21(27)16-9-3-1-4-10-16/h1-14,22H,15H2. The molecule has 1 aliphatic heterocycles. The fourth-order valence-corrected chi connectivity index (χ4v) is 3.34. The van der Waals surface area contributed by atoms with Crippen LogP contribution in [0, 0.1) is 0 Å². The fourth-order valence-electron chi connectivity index (χ4n) is 3.34. The molecule has 0 aromatic heterocycles. The van der Waals surface area contributed by atoms with Crippen molar-refractivity contribution in [3.63, 3.8) is 0 Å². The molecular formula is C24H17NO5. The average Bonchev–Trinajstić information content (AvgIpc) is 3.03. The molecule has 0 saturated carbocycles. The van der Waals surface area contributed by atoms with E-state index in [-0.39, 0.29) is 11.1 Å². The van der Waals surface area contributed by atoms with Crippen LogP contribution in [0.2, 0.25) is 0 Å². The zero-order valence-corrected chi connectivity index (χ0v) is 15.9. The summed E-state index contributed by atoms with van der Waals surface area (Å²) in [5, 5.41) is 0. The van der Waals surface area contributed by atoms with Crippen LogP contribution in [-0.2, 0) is 9.53 Å². The summed E-state index contributed by atoms with van der Waals surface area (Å²) in [5.41, 5.74) is 1.38. The highest BCUT2D eigenvalue weighted by atomic mass is 16.5. The van der Waals surface area contributed by atoms with Crippen LogP contribution in [0.15, 0.2) is 84.9 Å². The molecule has 0 aliphatic carbocycles. The highest BCUT2D eigenvalue weighted by Crippen LogP contribution is 2.25. The Labute approximate surface area is 172 Å². The van der Waals surface area contributed by atoms with Crippen molar-refractivity contribution in [2.75, 3.05) is 6.54 Å². The van der Waals surface area contributed by atoms with Crippen LogP contribution in [-0.4, -0.2) is 35.0 Å². The Hall–Kier alpha value is -4.06. The Balaban J connectivity index is 1.55. The zero-order valence-electron chi connectivity index (χ0n) is 15.9. The molecular weight excluding hydrogens is 382 g/mol. The van der Waals surface area contributed by atoms with E-state index in [4.69, 9.17) is 4.74 Å². The van der Waals surface area contributed by atoms with Gasteiger partial charge >= 0.3 is 5.97 Å². The summed E-state index contributed by atoms with van der Waals surface area (Å²) in [6.07, 6.45) is -1.18. The van der Waals surface area contributed by atoms with E-state index in [0.29, 0.717) is 11.1 Å². The molecule has 1 aliphatic rings. The van der Waals surface area contributed by atoms with Crippen LogP contribution in [0.5, 0.6) is 0 Å². The number of esters is 1. The summed E-state index contributed by atoms with van der Waals surface area (Å²) >= 11 is 0. The molecule has 1 atom stereocenters. The van der Waals surface area contributed by atoms with Crippen LogP contribution < -0.4 is 0 Å². The van der Waals surface area contributed by atoms with Crippen LogP contribution in [0.1, 0.15) is 42.7 Å². The molecule has 0 spiro atoms. The Bertz CT molecular complexity index is 1090. The SMILES string of the molecule is O=C(CN1C(=O)c2ccccc2C1=O)OC(C(=O)c1ccccc1)c1ccccc1. The molecule has 0 saturated heterocycles. The third kappa shape index (κ3) is 3.63. The molecule has 0 radical (unpaired) electrons. The number of hydrogen-bond donors (Lipinski definition) is 0. The average molecular weight is 399 g/mol. The number of Topliss-reactive ketones (excluding diaryl/α,β-unsaturated/α-hetero) is 1. The van der Waals surface area contributed by atoms with Crippen molar-refractivity contribution in [2.24, 2.45) is 0 Å². The van der Waals surface area contributed by atoms with Gasteiger partial charge < -0.3 is 4.74 Å². The van der Waals surface area contributed by atoms with Crippen molar-refractivity contribution in [1.29, 1.82) is 0 Å². The van der Waals surface area contributed by atoms with Gasteiger partial charge in [0.2, 0.25) is 5.78 Å². The molecule has 148 valence electrons. The van der Waals surface area contributed by atoms with Gasteiger partial charge in [0.25, 0.3) is 11.8 Å². The molecule has 3 aromatic carbocycles. The second-order valence-electron chi connectivity index (χ2n) is 6.75. The number of benzene rings is 3. The monoisotopic (exact) mass is 399 g/mol. The quantitative estimate of drug-likeness (QED) is 0.360. The van der Waals surface area contributed by atoms with Gasteiger partial charge in [0, 0.05) is 11.1 Å². The normalized spacial score (nSPS) is 13.7. The van der Waals surface area contributed by atoms with E-state index >= 15 is 0 Å². The van der Waals surface area contributed by atoms with Crippen molar-refractivity contribution >= 4 is 23.6 Å². The topological polar surface area (TPSA) is 80.8 Å². The van der Waals surface area contributed by atoms with Crippen LogP contribution >= 0.6 is 0 Å². The lowest BCUT2D eigenvalue weighted by Crippen LogP contribution is -2.36. The van der Waals surface area contributed by atoms with Gasteiger partial charge in [-0.2, -0.15) is 0 Å². The number of carbonyl (C=O) groups is 4. The zero-order chi connectivity index (χ0) is 21.1. The van der Waals surface area contributed by atoms with E-state index < -0.39 is 36.2 Å². The summed E-state index contributed by atoms with van der Waals surface area (Å²) in [5.74, 6) is -2.35. The lowest BCUT2D eigenvalue weighted by molar-refractivity contribution is -0.147. The first-order valence-electron chi connectivity index (χ1n) is 9.35. The van der Waals surface area contributed by atoms with Crippen molar-refractivity contribution in [1.82, 2.24) is 4.90 Å². The lowest BCUT2D eigenvalue weighted by atomic mass is 10.00. The fraction of sp³-hybridized carbons (Fsp3) is 0.0833. The van der Waals surface area contributed by atoms with Gasteiger partial charge in [-0.15, -0.1) is 0 Å². The lowest BCUT2D eigenvalue weighted by Gasteiger charge is -2.19. The van der Waals surface area contributed by atoms with E-state index in [9.17, 15) is 19.2 Å². The maximum atomic E-state index is 13.0. The largest absolute Gasteiger partial charge is 0.448 e.